The number of nitrogens with zero attached hydrogens (tertiary/aromatic N) is 3. The first-order valence-corrected chi connectivity index (χ1v) is 10.5. The molecule has 2 rings (SSSR count). The van der Waals surface area contributed by atoms with E-state index in [0.717, 1.165) is 16.6 Å². The number of sulfonamides is 1. The molecule has 0 spiro atoms. The summed E-state index contributed by atoms with van der Waals surface area (Å²) in [6.45, 7) is 4.58. The van der Waals surface area contributed by atoms with E-state index in [4.69, 9.17) is 4.74 Å². The lowest BCUT2D eigenvalue weighted by molar-refractivity contribution is -0.133. The SMILES string of the molecule is CCOC(=O)N1CCN(C(=O)[C@@H](C)N(c2cccc(F)c2)S(C)(=O)=O)CC1. The molecule has 0 N–H and O–H groups in total. The standard InChI is InChI=1S/C17H24FN3O5S/c1-4-26-17(23)20-10-8-19(9-11-20)16(22)13(2)21(27(3,24)25)15-7-5-6-14(18)12-15/h5-7,12-13H,4,8-11H2,1-3H3/t13-/m1/s1. The molecule has 27 heavy (non-hydrogen) atoms. The van der Waals surface area contributed by atoms with Gasteiger partial charge in [0.05, 0.1) is 18.6 Å². The summed E-state index contributed by atoms with van der Waals surface area (Å²) < 4.78 is 43.9. The summed E-state index contributed by atoms with van der Waals surface area (Å²) in [5, 5.41) is 0. The number of hydrogen-bond donors (Lipinski definition) is 0. The molecule has 0 aliphatic carbocycles. The highest BCUT2D eigenvalue weighted by atomic mass is 32.2. The minimum Gasteiger partial charge on any atom is -0.450 e. The van der Waals surface area contributed by atoms with Crippen molar-refractivity contribution in [1.29, 1.82) is 0 Å². The van der Waals surface area contributed by atoms with Crippen LogP contribution < -0.4 is 4.31 Å². The van der Waals surface area contributed by atoms with Crippen molar-refractivity contribution in [2.24, 2.45) is 0 Å². The smallest absolute Gasteiger partial charge is 0.409 e. The van der Waals surface area contributed by atoms with Gasteiger partial charge < -0.3 is 14.5 Å². The highest BCUT2D eigenvalue weighted by Gasteiger charge is 2.34. The van der Waals surface area contributed by atoms with Crippen LogP contribution in [0.15, 0.2) is 24.3 Å². The van der Waals surface area contributed by atoms with Gasteiger partial charge in [-0.3, -0.25) is 9.10 Å². The van der Waals surface area contributed by atoms with E-state index in [-0.39, 0.29) is 25.4 Å². The molecule has 0 aromatic heterocycles. The Kier molecular flexibility index (Phi) is 6.63. The van der Waals surface area contributed by atoms with Crippen LogP contribution in [0.4, 0.5) is 14.9 Å². The summed E-state index contributed by atoms with van der Waals surface area (Å²) in [4.78, 5) is 27.6. The second-order valence-corrected chi connectivity index (χ2v) is 8.09. The summed E-state index contributed by atoms with van der Waals surface area (Å²) in [6.07, 6.45) is 0.538. The lowest BCUT2D eigenvalue weighted by Crippen LogP contribution is -2.56. The topological polar surface area (TPSA) is 87.2 Å². The fourth-order valence-electron chi connectivity index (χ4n) is 3.00. The molecule has 2 amide bonds. The van der Waals surface area contributed by atoms with Crippen molar-refractivity contribution in [3.05, 3.63) is 30.1 Å². The van der Waals surface area contributed by atoms with Crippen LogP contribution >= 0.6 is 0 Å². The monoisotopic (exact) mass is 401 g/mol. The van der Waals surface area contributed by atoms with Crippen molar-refractivity contribution >= 4 is 27.7 Å². The number of rotatable bonds is 5. The number of ether oxygens (including phenoxy) is 1. The molecule has 0 saturated carbocycles. The van der Waals surface area contributed by atoms with Crippen molar-refractivity contribution in [3.63, 3.8) is 0 Å². The first kappa shape index (κ1) is 20.9. The van der Waals surface area contributed by atoms with Gasteiger partial charge in [-0.15, -0.1) is 0 Å². The number of amides is 2. The van der Waals surface area contributed by atoms with Crippen LogP contribution in [-0.4, -0.2) is 75.3 Å². The maximum absolute atomic E-state index is 13.6. The first-order chi connectivity index (χ1) is 12.6. The quantitative estimate of drug-likeness (QED) is 0.742. The lowest BCUT2D eigenvalue weighted by Gasteiger charge is -2.37. The third kappa shape index (κ3) is 5.09. The Morgan fingerprint density at radius 3 is 2.33 bits per heavy atom. The molecule has 0 radical (unpaired) electrons. The highest BCUT2D eigenvalue weighted by molar-refractivity contribution is 7.92. The third-order valence-corrected chi connectivity index (χ3v) is 5.49. The second-order valence-electron chi connectivity index (χ2n) is 6.23. The van der Waals surface area contributed by atoms with Crippen molar-refractivity contribution in [2.75, 3.05) is 43.3 Å². The Morgan fingerprint density at radius 1 is 1.22 bits per heavy atom. The van der Waals surface area contributed by atoms with Gasteiger partial charge in [0.2, 0.25) is 15.9 Å². The number of carbonyl (C=O) groups excluding carboxylic acids is 2. The number of halogens is 1. The molecular weight excluding hydrogens is 377 g/mol. The third-order valence-electron chi connectivity index (χ3n) is 4.25. The predicted octanol–water partition coefficient (Wildman–Crippen LogP) is 1.28. The molecular formula is C17H24FN3O5S. The van der Waals surface area contributed by atoms with E-state index in [0.29, 0.717) is 13.1 Å². The van der Waals surface area contributed by atoms with Crippen molar-refractivity contribution < 1.29 is 27.1 Å². The average molecular weight is 401 g/mol. The molecule has 1 aliphatic rings. The van der Waals surface area contributed by atoms with Gasteiger partial charge >= 0.3 is 6.09 Å². The van der Waals surface area contributed by atoms with Gasteiger partial charge in [0.25, 0.3) is 0 Å². The Hall–Kier alpha value is -2.36. The van der Waals surface area contributed by atoms with Gasteiger partial charge in [-0.05, 0) is 32.0 Å². The molecule has 0 unspecified atom stereocenters. The summed E-state index contributed by atoms with van der Waals surface area (Å²) >= 11 is 0. The molecule has 1 aromatic rings. The normalized spacial score (nSPS) is 16.0. The van der Waals surface area contributed by atoms with Gasteiger partial charge in [-0.25, -0.2) is 17.6 Å². The van der Waals surface area contributed by atoms with E-state index in [9.17, 15) is 22.4 Å². The molecule has 1 atom stereocenters. The summed E-state index contributed by atoms with van der Waals surface area (Å²) in [5.74, 6) is -1.00. The van der Waals surface area contributed by atoms with E-state index in [1.807, 2.05) is 0 Å². The van der Waals surface area contributed by atoms with E-state index < -0.39 is 33.9 Å². The molecule has 1 aromatic carbocycles. The van der Waals surface area contributed by atoms with Gasteiger partial charge in [0.1, 0.15) is 11.9 Å². The van der Waals surface area contributed by atoms with Crippen molar-refractivity contribution in [3.8, 4) is 0 Å². The number of carbonyl (C=O) groups is 2. The zero-order valence-electron chi connectivity index (χ0n) is 15.6. The van der Waals surface area contributed by atoms with Crippen LogP contribution in [-0.2, 0) is 19.6 Å². The average Bonchev–Trinajstić information content (AvgIpc) is 2.60. The Bertz CT molecular complexity index is 794. The number of benzene rings is 1. The largest absolute Gasteiger partial charge is 0.450 e. The van der Waals surface area contributed by atoms with Crippen molar-refractivity contribution in [2.45, 2.75) is 19.9 Å². The molecule has 0 bridgehead atoms. The van der Waals surface area contributed by atoms with Crippen molar-refractivity contribution in [1.82, 2.24) is 9.80 Å². The van der Waals surface area contributed by atoms with Gasteiger partial charge in [-0.1, -0.05) is 6.07 Å². The highest BCUT2D eigenvalue weighted by Crippen LogP contribution is 2.23. The predicted molar refractivity (Wildman–Crippen MR) is 98.4 cm³/mol. The Morgan fingerprint density at radius 2 is 1.81 bits per heavy atom. The maximum atomic E-state index is 13.6. The van der Waals surface area contributed by atoms with E-state index in [1.165, 1.54) is 34.9 Å². The van der Waals surface area contributed by atoms with Gasteiger partial charge in [-0.2, -0.15) is 0 Å². The zero-order chi connectivity index (χ0) is 20.2. The second kappa shape index (κ2) is 8.55. The number of piperazine rings is 1. The zero-order valence-corrected chi connectivity index (χ0v) is 16.4. The Labute approximate surface area is 158 Å². The number of hydrogen-bond acceptors (Lipinski definition) is 5. The van der Waals surface area contributed by atoms with E-state index >= 15 is 0 Å². The van der Waals surface area contributed by atoms with Crippen LogP contribution in [0.3, 0.4) is 0 Å². The van der Waals surface area contributed by atoms with Crippen LogP contribution in [0.2, 0.25) is 0 Å². The maximum Gasteiger partial charge on any atom is 0.409 e. The minimum atomic E-state index is -3.81. The van der Waals surface area contributed by atoms with Gasteiger partial charge in [0.15, 0.2) is 0 Å². The molecule has 1 saturated heterocycles. The Balaban J connectivity index is 2.13. The van der Waals surface area contributed by atoms with Crippen LogP contribution in [0.25, 0.3) is 0 Å². The fraction of sp³-hybridized carbons (Fsp3) is 0.529. The van der Waals surface area contributed by atoms with Crippen LogP contribution in [0.1, 0.15) is 13.8 Å². The molecule has 10 heteroatoms. The van der Waals surface area contributed by atoms with E-state index in [1.54, 1.807) is 6.92 Å². The summed E-state index contributed by atoms with van der Waals surface area (Å²) in [6, 6.07) is 4.05. The van der Waals surface area contributed by atoms with Crippen LogP contribution in [0.5, 0.6) is 0 Å². The molecule has 1 fully saturated rings. The lowest BCUT2D eigenvalue weighted by atomic mass is 10.2. The van der Waals surface area contributed by atoms with Crippen LogP contribution in [0, 0.1) is 5.82 Å². The minimum absolute atomic E-state index is 0.0866. The number of anilines is 1. The fourth-order valence-corrected chi connectivity index (χ4v) is 4.17. The summed E-state index contributed by atoms with van der Waals surface area (Å²) in [5.41, 5.74) is 0.0866. The molecule has 8 nitrogen and oxygen atoms in total. The molecule has 1 heterocycles. The van der Waals surface area contributed by atoms with E-state index in [2.05, 4.69) is 0 Å². The van der Waals surface area contributed by atoms with Gasteiger partial charge in [0, 0.05) is 26.2 Å². The molecule has 150 valence electrons. The summed E-state index contributed by atoms with van der Waals surface area (Å²) in [7, 11) is -3.81. The first-order valence-electron chi connectivity index (χ1n) is 8.60. The molecule has 1 aliphatic heterocycles.